The van der Waals surface area contributed by atoms with Gasteiger partial charge >= 0.3 is 0 Å². The van der Waals surface area contributed by atoms with Crippen molar-refractivity contribution < 1.29 is 9.90 Å². The van der Waals surface area contributed by atoms with Gasteiger partial charge in [-0.15, -0.1) is 0 Å². The van der Waals surface area contributed by atoms with Gasteiger partial charge in [-0.3, -0.25) is 9.48 Å². The normalized spacial score (nSPS) is 19.1. The summed E-state index contributed by atoms with van der Waals surface area (Å²) in [5, 5.41) is 16.6. The first-order valence-electron chi connectivity index (χ1n) is 7.98. The van der Waals surface area contributed by atoms with E-state index in [1.54, 1.807) is 6.20 Å². The van der Waals surface area contributed by atoms with Crippen LogP contribution in [0.2, 0.25) is 0 Å². The van der Waals surface area contributed by atoms with Crippen molar-refractivity contribution in [1.29, 1.82) is 0 Å². The van der Waals surface area contributed by atoms with Crippen LogP contribution in [0.3, 0.4) is 0 Å². The summed E-state index contributed by atoms with van der Waals surface area (Å²) in [6.07, 6.45) is 4.99. The van der Waals surface area contributed by atoms with Crippen LogP contribution in [0, 0.1) is 5.92 Å². The number of nitrogens with one attached hydrogen (secondary N) is 1. The lowest BCUT2D eigenvalue weighted by Crippen LogP contribution is -2.38. The lowest BCUT2D eigenvalue weighted by atomic mass is 10.0. The molecule has 1 fully saturated rings. The summed E-state index contributed by atoms with van der Waals surface area (Å²) >= 11 is 0. The van der Waals surface area contributed by atoms with Crippen LogP contribution in [-0.2, 0) is 0 Å². The molecule has 0 saturated heterocycles. The topological polar surface area (TPSA) is 67.2 Å². The summed E-state index contributed by atoms with van der Waals surface area (Å²) in [6.45, 7) is 8.19. The number of hydrogen-bond donors (Lipinski definition) is 2. The van der Waals surface area contributed by atoms with Crippen molar-refractivity contribution in [3.8, 4) is 0 Å². The summed E-state index contributed by atoms with van der Waals surface area (Å²) in [4.78, 5) is 12.5. The van der Waals surface area contributed by atoms with Crippen molar-refractivity contribution >= 4 is 5.91 Å². The van der Waals surface area contributed by atoms with Gasteiger partial charge in [0, 0.05) is 24.6 Å². The van der Waals surface area contributed by atoms with Crippen LogP contribution in [-0.4, -0.2) is 33.4 Å². The highest BCUT2D eigenvalue weighted by atomic mass is 16.3. The number of aliphatic hydroxyl groups excluding tert-OH is 1. The van der Waals surface area contributed by atoms with Crippen molar-refractivity contribution in [1.82, 2.24) is 15.1 Å². The van der Waals surface area contributed by atoms with Crippen LogP contribution in [0.1, 0.15) is 75.0 Å². The molecule has 5 heteroatoms. The zero-order valence-corrected chi connectivity index (χ0v) is 13.5. The average molecular weight is 293 g/mol. The molecular weight excluding hydrogens is 266 g/mol. The van der Waals surface area contributed by atoms with Gasteiger partial charge in [0.1, 0.15) is 0 Å². The number of carbonyl (C=O) groups excluding carboxylic acids is 1. The smallest absolute Gasteiger partial charge is 0.254 e. The molecule has 1 aromatic heterocycles. The van der Waals surface area contributed by atoms with E-state index in [2.05, 4.69) is 24.3 Å². The Balaban J connectivity index is 2.19. The molecule has 0 spiro atoms. The van der Waals surface area contributed by atoms with Crippen LogP contribution >= 0.6 is 0 Å². The monoisotopic (exact) mass is 293 g/mol. The second-order valence-corrected chi connectivity index (χ2v) is 6.34. The van der Waals surface area contributed by atoms with Crippen molar-refractivity contribution in [3.63, 3.8) is 0 Å². The molecule has 0 aliphatic heterocycles. The fraction of sp³-hybridized carbons (Fsp3) is 0.750. The predicted octanol–water partition coefficient (Wildman–Crippen LogP) is 2.48. The number of amides is 1. The SMILES string of the molecule is CCC(C)n1ncc(C(=O)NC(C)C(C)CO)c1C1CC1. The first-order valence-corrected chi connectivity index (χ1v) is 7.98. The van der Waals surface area contributed by atoms with E-state index in [1.165, 1.54) is 0 Å². The molecule has 1 aromatic rings. The highest BCUT2D eigenvalue weighted by Crippen LogP contribution is 2.42. The highest BCUT2D eigenvalue weighted by molar-refractivity contribution is 5.95. The van der Waals surface area contributed by atoms with Gasteiger partial charge in [-0.25, -0.2) is 0 Å². The van der Waals surface area contributed by atoms with E-state index >= 15 is 0 Å². The maximum absolute atomic E-state index is 12.5. The van der Waals surface area contributed by atoms with Crippen LogP contribution < -0.4 is 5.32 Å². The molecule has 3 unspecified atom stereocenters. The fourth-order valence-electron chi connectivity index (χ4n) is 2.42. The molecule has 1 saturated carbocycles. The molecule has 1 heterocycles. The summed E-state index contributed by atoms with van der Waals surface area (Å²) < 4.78 is 2.02. The zero-order chi connectivity index (χ0) is 15.6. The van der Waals surface area contributed by atoms with Crippen LogP contribution in [0.4, 0.5) is 0 Å². The molecule has 5 nitrogen and oxygen atoms in total. The highest BCUT2D eigenvalue weighted by Gasteiger charge is 2.33. The van der Waals surface area contributed by atoms with Gasteiger partial charge < -0.3 is 10.4 Å². The van der Waals surface area contributed by atoms with Crippen molar-refractivity contribution in [3.05, 3.63) is 17.5 Å². The van der Waals surface area contributed by atoms with Crippen LogP contribution in [0.5, 0.6) is 0 Å². The largest absolute Gasteiger partial charge is 0.396 e. The van der Waals surface area contributed by atoms with E-state index in [1.807, 2.05) is 18.5 Å². The first kappa shape index (κ1) is 16.0. The number of carbonyl (C=O) groups is 1. The number of hydrogen-bond acceptors (Lipinski definition) is 3. The zero-order valence-electron chi connectivity index (χ0n) is 13.5. The molecule has 0 radical (unpaired) electrons. The Bertz CT molecular complexity index is 494. The van der Waals surface area contributed by atoms with Crippen molar-refractivity contribution in [2.45, 2.75) is 65.0 Å². The average Bonchev–Trinajstić information content (AvgIpc) is 3.23. The van der Waals surface area contributed by atoms with Crippen LogP contribution in [0.25, 0.3) is 0 Å². The Kier molecular flexibility index (Phi) is 5.04. The predicted molar refractivity (Wildman–Crippen MR) is 82.4 cm³/mol. The molecule has 1 amide bonds. The second kappa shape index (κ2) is 6.60. The Morgan fingerprint density at radius 3 is 2.67 bits per heavy atom. The standard InChI is InChI=1S/C16H27N3O2/c1-5-11(3)19-15(13-6-7-13)14(8-17-19)16(21)18-12(4)10(2)9-20/h8,10-13,20H,5-7,9H2,1-4H3,(H,18,21). The van der Waals surface area contributed by atoms with Crippen LogP contribution in [0.15, 0.2) is 6.20 Å². The van der Waals surface area contributed by atoms with Crippen molar-refractivity contribution in [2.75, 3.05) is 6.61 Å². The first-order chi connectivity index (χ1) is 9.99. The summed E-state index contributed by atoms with van der Waals surface area (Å²) in [5.74, 6) is 0.454. The van der Waals surface area contributed by atoms with Gasteiger partial charge in [-0.2, -0.15) is 5.10 Å². The Labute approximate surface area is 126 Å². The minimum atomic E-state index is -0.0701. The molecule has 1 aliphatic rings. The molecule has 0 aromatic carbocycles. The van der Waals surface area contributed by atoms with E-state index in [0.29, 0.717) is 17.5 Å². The number of aromatic nitrogens is 2. The second-order valence-electron chi connectivity index (χ2n) is 6.34. The van der Waals surface area contributed by atoms with E-state index < -0.39 is 0 Å². The minimum Gasteiger partial charge on any atom is -0.396 e. The molecule has 1 aliphatic carbocycles. The number of nitrogens with zero attached hydrogens (tertiary/aromatic N) is 2. The van der Waals surface area contributed by atoms with Gasteiger partial charge in [0.05, 0.1) is 17.5 Å². The van der Waals surface area contributed by atoms with E-state index in [-0.39, 0.29) is 24.5 Å². The maximum Gasteiger partial charge on any atom is 0.254 e. The molecule has 118 valence electrons. The van der Waals surface area contributed by atoms with Gasteiger partial charge in [0.2, 0.25) is 0 Å². The van der Waals surface area contributed by atoms with E-state index in [0.717, 1.165) is 25.0 Å². The number of rotatable bonds is 7. The van der Waals surface area contributed by atoms with Gasteiger partial charge in [0.25, 0.3) is 5.91 Å². The summed E-state index contributed by atoms with van der Waals surface area (Å²) in [5.41, 5.74) is 1.79. The quantitative estimate of drug-likeness (QED) is 0.811. The molecule has 21 heavy (non-hydrogen) atoms. The van der Waals surface area contributed by atoms with Gasteiger partial charge in [-0.05, 0) is 39.0 Å². The van der Waals surface area contributed by atoms with Gasteiger partial charge in [0.15, 0.2) is 0 Å². The fourth-order valence-corrected chi connectivity index (χ4v) is 2.42. The van der Waals surface area contributed by atoms with Crippen molar-refractivity contribution in [2.24, 2.45) is 5.92 Å². The Morgan fingerprint density at radius 2 is 2.14 bits per heavy atom. The third-order valence-electron chi connectivity index (χ3n) is 4.55. The number of aliphatic hydroxyl groups is 1. The minimum absolute atomic E-state index is 0.0444. The maximum atomic E-state index is 12.5. The Morgan fingerprint density at radius 1 is 1.48 bits per heavy atom. The molecule has 3 atom stereocenters. The summed E-state index contributed by atoms with van der Waals surface area (Å²) in [7, 11) is 0. The summed E-state index contributed by atoms with van der Waals surface area (Å²) in [6, 6.07) is 0.262. The third-order valence-corrected chi connectivity index (χ3v) is 4.55. The Hall–Kier alpha value is -1.36. The lowest BCUT2D eigenvalue weighted by Gasteiger charge is -2.20. The third kappa shape index (κ3) is 3.46. The molecule has 0 bridgehead atoms. The lowest BCUT2D eigenvalue weighted by molar-refractivity contribution is 0.0915. The van der Waals surface area contributed by atoms with Gasteiger partial charge in [-0.1, -0.05) is 13.8 Å². The molecule has 2 N–H and O–H groups in total. The van der Waals surface area contributed by atoms with E-state index in [9.17, 15) is 9.90 Å². The molecule has 2 rings (SSSR count). The van der Waals surface area contributed by atoms with E-state index in [4.69, 9.17) is 0 Å². The molecular formula is C16H27N3O2.